The Morgan fingerprint density at radius 3 is 2.53 bits per heavy atom. The van der Waals surface area contributed by atoms with Gasteiger partial charge in [0.1, 0.15) is 0 Å². The van der Waals surface area contributed by atoms with E-state index in [1.54, 1.807) is 0 Å². The molecule has 0 radical (unpaired) electrons. The third kappa shape index (κ3) is 4.79. The normalized spacial score (nSPS) is 18.1. The molecule has 106 valence electrons. The monoisotopic (exact) mass is 281 g/mol. The zero-order valence-corrected chi connectivity index (χ0v) is 12.4. The summed E-state index contributed by atoms with van der Waals surface area (Å²) in [5.41, 5.74) is 0.957. The summed E-state index contributed by atoms with van der Waals surface area (Å²) in [4.78, 5) is 2.36. The highest BCUT2D eigenvalue weighted by atomic mass is 35.5. The van der Waals surface area contributed by atoms with E-state index in [-0.39, 0.29) is 6.10 Å². The van der Waals surface area contributed by atoms with Crippen molar-refractivity contribution in [1.29, 1.82) is 0 Å². The van der Waals surface area contributed by atoms with E-state index < -0.39 is 0 Å². The maximum absolute atomic E-state index is 10.2. The Morgan fingerprint density at radius 1 is 1.26 bits per heavy atom. The fourth-order valence-electron chi connectivity index (χ4n) is 2.92. The molecular formula is C16H24ClNO. The van der Waals surface area contributed by atoms with Crippen molar-refractivity contribution in [3.63, 3.8) is 0 Å². The van der Waals surface area contributed by atoms with Crippen molar-refractivity contribution in [3.05, 3.63) is 34.9 Å². The van der Waals surface area contributed by atoms with Crippen molar-refractivity contribution >= 4 is 11.6 Å². The lowest BCUT2D eigenvalue weighted by Gasteiger charge is -2.22. The summed E-state index contributed by atoms with van der Waals surface area (Å²) in [7, 11) is 2.16. The summed E-state index contributed by atoms with van der Waals surface area (Å²) < 4.78 is 0. The van der Waals surface area contributed by atoms with Gasteiger partial charge in [0.25, 0.3) is 0 Å². The van der Waals surface area contributed by atoms with Crippen LogP contribution in [-0.4, -0.2) is 30.1 Å². The van der Waals surface area contributed by atoms with Gasteiger partial charge in [0.05, 0.1) is 6.10 Å². The van der Waals surface area contributed by atoms with Crippen molar-refractivity contribution in [1.82, 2.24) is 4.90 Å². The number of benzene rings is 1. The highest BCUT2D eigenvalue weighted by Crippen LogP contribution is 2.25. The van der Waals surface area contributed by atoms with Crippen LogP contribution >= 0.6 is 11.6 Å². The molecule has 0 aliphatic heterocycles. The van der Waals surface area contributed by atoms with Gasteiger partial charge in [0.2, 0.25) is 0 Å². The second-order valence-corrected chi connectivity index (χ2v) is 6.21. The molecule has 0 aromatic heterocycles. The van der Waals surface area contributed by atoms with E-state index in [0.717, 1.165) is 24.4 Å². The van der Waals surface area contributed by atoms with Crippen LogP contribution in [0.5, 0.6) is 0 Å². The fourth-order valence-corrected chi connectivity index (χ4v) is 3.05. The van der Waals surface area contributed by atoms with Crippen molar-refractivity contribution < 1.29 is 5.11 Å². The van der Waals surface area contributed by atoms with Crippen LogP contribution in [0.25, 0.3) is 0 Å². The molecule has 0 spiro atoms. The van der Waals surface area contributed by atoms with Crippen LogP contribution in [0.3, 0.4) is 0 Å². The number of rotatable bonds is 6. The number of aliphatic hydroxyl groups excluding tert-OH is 1. The van der Waals surface area contributed by atoms with Gasteiger partial charge in [-0.1, -0.05) is 36.6 Å². The first-order chi connectivity index (χ1) is 9.15. The molecule has 3 heteroatoms. The van der Waals surface area contributed by atoms with Crippen LogP contribution < -0.4 is 0 Å². The van der Waals surface area contributed by atoms with Gasteiger partial charge in [-0.05, 0) is 49.9 Å². The number of hydrogen-bond donors (Lipinski definition) is 1. The van der Waals surface area contributed by atoms with Crippen LogP contribution in [0.4, 0.5) is 0 Å². The fraction of sp³-hybridized carbons (Fsp3) is 0.625. The molecule has 19 heavy (non-hydrogen) atoms. The Hall–Kier alpha value is -0.570. The average molecular weight is 282 g/mol. The highest BCUT2D eigenvalue weighted by molar-refractivity contribution is 6.30. The Labute approximate surface area is 121 Å². The minimum absolute atomic E-state index is 0.386. The van der Waals surface area contributed by atoms with Crippen molar-refractivity contribution in [3.8, 4) is 0 Å². The van der Waals surface area contributed by atoms with Gasteiger partial charge in [-0.2, -0.15) is 0 Å². The average Bonchev–Trinajstić information content (AvgIpc) is 2.89. The van der Waals surface area contributed by atoms with Gasteiger partial charge >= 0.3 is 0 Å². The van der Waals surface area contributed by atoms with E-state index in [4.69, 9.17) is 11.6 Å². The van der Waals surface area contributed by atoms with E-state index >= 15 is 0 Å². The lowest BCUT2D eigenvalue weighted by molar-refractivity contribution is 0.144. The zero-order chi connectivity index (χ0) is 13.7. The molecule has 2 rings (SSSR count). The van der Waals surface area contributed by atoms with E-state index in [9.17, 15) is 5.11 Å². The lowest BCUT2D eigenvalue weighted by atomic mass is 10.1. The topological polar surface area (TPSA) is 23.5 Å². The first kappa shape index (κ1) is 14.8. The summed E-state index contributed by atoms with van der Waals surface area (Å²) in [5, 5.41) is 10.9. The maximum atomic E-state index is 10.2. The van der Waals surface area contributed by atoms with Crippen molar-refractivity contribution in [2.75, 3.05) is 20.1 Å². The summed E-state index contributed by atoms with van der Waals surface area (Å²) >= 11 is 5.85. The molecule has 1 N–H and O–H groups in total. The Morgan fingerprint density at radius 2 is 1.89 bits per heavy atom. The summed E-state index contributed by atoms with van der Waals surface area (Å²) in [6.07, 6.45) is 5.94. The van der Waals surface area contributed by atoms with E-state index in [2.05, 4.69) is 11.9 Å². The minimum Gasteiger partial charge on any atom is -0.388 e. The SMILES string of the molecule is CN(CCC(O)c1ccc(Cl)cc1)CC1CCCC1. The standard InChI is InChI=1S/C16H24ClNO/c1-18(12-13-4-2-3-5-13)11-10-16(19)14-6-8-15(17)9-7-14/h6-9,13,16,19H,2-5,10-12H2,1H3. The first-order valence-corrected chi connectivity index (χ1v) is 7.65. The summed E-state index contributed by atoms with van der Waals surface area (Å²) in [6.45, 7) is 2.12. The lowest BCUT2D eigenvalue weighted by Crippen LogP contribution is -2.26. The Kier molecular flexibility index (Phi) is 5.68. The second kappa shape index (κ2) is 7.28. The predicted octanol–water partition coefficient (Wildman–Crippen LogP) is 3.89. The van der Waals surface area contributed by atoms with Gasteiger partial charge in [0, 0.05) is 18.1 Å². The van der Waals surface area contributed by atoms with Crippen molar-refractivity contribution in [2.45, 2.75) is 38.2 Å². The molecule has 1 aliphatic rings. The molecule has 1 aromatic rings. The largest absolute Gasteiger partial charge is 0.388 e. The van der Waals surface area contributed by atoms with E-state index in [1.807, 2.05) is 24.3 Å². The zero-order valence-electron chi connectivity index (χ0n) is 11.7. The van der Waals surface area contributed by atoms with Crippen LogP contribution in [0.2, 0.25) is 5.02 Å². The van der Waals surface area contributed by atoms with Crippen LogP contribution in [-0.2, 0) is 0 Å². The van der Waals surface area contributed by atoms with E-state index in [0.29, 0.717) is 5.02 Å². The van der Waals surface area contributed by atoms with Crippen LogP contribution in [0.15, 0.2) is 24.3 Å². The molecule has 2 nitrogen and oxygen atoms in total. The predicted molar refractivity (Wildman–Crippen MR) is 80.5 cm³/mol. The summed E-state index contributed by atoms with van der Waals surface area (Å²) in [6, 6.07) is 7.48. The van der Waals surface area contributed by atoms with Gasteiger partial charge < -0.3 is 10.0 Å². The first-order valence-electron chi connectivity index (χ1n) is 7.27. The highest BCUT2D eigenvalue weighted by Gasteiger charge is 2.17. The molecule has 1 saturated carbocycles. The second-order valence-electron chi connectivity index (χ2n) is 5.77. The number of halogens is 1. The molecule has 1 fully saturated rings. The molecule has 1 aromatic carbocycles. The minimum atomic E-state index is -0.386. The smallest absolute Gasteiger partial charge is 0.0802 e. The van der Waals surface area contributed by atoms with Gasteiger partial charge in [0.15, 0.2) is 0 Å². The molecule has 0 saturated heterocycles. The Bertz CT molecular complexity index is 373. The van der Waals surface area contributed by atoms with Gasteiger partial charge in [-0.15, -0.1) is 0 Å². The molecule has 0 heterocycles. The molecule has 1 unspecified atom stereocenters. The number of hydrogen-bond acceptors (Lipinski definition) is 2. The van der Waals surface area contributed by atoms with Crippen LogP contribution in [0, 0.1) is 5.92 Å². The van der Waals surface area contributed by atoms with Crippen molar-refractivity contribution in [2.24, 2.45) is 5.92 Å². The number of nitrogens with zero attached hydrogens (tertiary/aromatic N) is 1. The molecular weight excluding hydrogens is 258 g/mol. The molecule has 0 amide bonds. The van der Waals surface area contributed by atoms with Crippen LogP contribution in [0.1, 0.15) is 43.8 Å². The van der Waals surface area contributed by atoms with E-state index in [1.165, 1.54) is 32.2 Å². The quantitative estimate of drug-likeness (QED) is 0.855. The molecule has 1 atom stereocenters. The van der Waals surface area contributed by atoms with Gasteiger partial charge in [-0.3, -0.25) is 0 Å². The third-order valence-corrected chi connectivity index (χ3v) is 4.34. The Balaban J connectivity index is 1.73. The summed E-state index contributed by atoms with van der Waals surface area (Å²) in [5.74, 6) is 0.873. The number of aliphatic hydroxyl groups is 1. The molecule has 0 bridgehead atoms. The molecule has 1 aliphatic carbocycles. The third-order valence-electron chi connectivity index (χ3n) is 4.08. The maximum Gasteiger partial charge on any atom is 0.0802 e. The van der Waals surface area contributed by atoms with Gasteiger partial charge in [-0.25, -0.2) is 0 Å².